The lowest BCUT2D eigenvalue weighted by atomic mass is 10.2. The summed E-state index contributed by atoms with van der Waals surface area (Å²) in [7, 11) is 0. The Morgan fingerprint density at radius 1 is 1.29 bits per heavy atom. The molecule has 0 bridgehead atoms. The van der Waals surface area contributed by atoms with Crippen LogP contribution in [0.2, 0.25) is 0 Å². The van der Waals surface area contributed by atoms with Crippen LogP contribution in [0.15, 0.2) is 35.1 Å². The predicted molar refractivity (Wildman–Crippen MR) is 65.8 cm³/mol. The van der Waals surface area contributed by atoms with Crippen LogP contribution >= 0.6 is 0 Å². The molecule has 1 aromatic carbocycles. The van der Waals surface area contributed by atoms with Crippen molar-refractivity contribution in [3.63, 3.8) is 0 Å². The molecular formula is C13H14N2O2. The number of aromatic nitrogens is 2. The summed E-state index contributed by atoms with van der Waals surface area (Å²) in [6.07, 6.45) is 2.21. The van der Waals surface area contributed by atoms with Crippen LogP contribution in [0.3, 0.4) is 0 Å². The number of para-hydroxylation sites is 1. The summed E-state index contributed by atoms with van der Waals surface area (Å²) in [4.78, 5) is 22.9. The number of nitrogens with one attached hydrogen (secondary N) is 1. The molecule has 0 saturated carbocycles. The van der Waals surface area contributed by atoms with Crippen molar-refractivity contribution in [1.82, 2.24) is 9.78 Å². The molecule has 0 aliphatic rings. The van der Waals surface area contributed by atoms with Gasteiger partial charge in [-0.3, -0.25) is 14.7 Å². The Kier molecular flexibility index (Phi) is 3.23. The highest BCUT2D eigenvalue weighted by Crippen LogP contribution is 2.07. The molecule has 2 rings (SSSR count). The number of rotatable bonds is 4. The lowest BCUT2D eigenvalue weighted by Crippen LogP contribution is -2.16. The van der Waals surface area contributed by atoms with Gasteiger partial charge in [-0.1, -0.05) is 31.5 Å². The molecular weight excluding hydrogens is 216 g/mol. The molecule has 0 fully saturated rings. The van der Waals surface area contributed by atoms with E-state index in [1.165, 1.54) is 4.68 Å². The molecule has 0 unspecified atom stereocenters. The van der Waals surface area contributed by atoms with Gasteiger partial charge in [-0.05, 0) is 18.6 Å². The van der Waals surface area contributed by atoms with Gasteiger partial charge < -0.3 is 0 Å². The van der Waals surface area contributed by atoms with E-state index < -0.39 is 0 Å². The second-order valence-corrected chi connectivity index (χ2v) is 3.85. The third-order valence-electron chi connectivity index (χ3n) is 2.64. The van der Waals surface area contributed by atoms with Crippen LogP contribution in [0.1, 0.15) is 29.4 Å². The minimum atomic E-state index is -0.283. The van der Waals surface area contributed by atoms with Gasteiger partial charge >= 0.3 is 0 Å². The molecule has 0 aliphatic carbocycles. The smallest absolute Gasteiger partial charge is 0.282 e. The lowest BCUT2D eigenvalue weighted by molar-refractivity contribution is 0.112. The van der Waals surface area contributed by atoms with E-state index in [0.717, 1.165) is 12.1 Å². The third-order valence-corrected chi connectivity index (χ3v) is 2.64. The van der Waals surface area contributed by atoms with Crippen LogP contribution < -0.4 is 5.56 Å². The molecule has 17 heavy (non-hydrogen) atoms. The number of aromatic amines is 1. The van der Waals surface area contributed by atoms with Gasteiger partial charge in [0.1, 0.15) is 5.56 Å². The van der Waals surface area contributed by atoms with E-state index in [4.69, 9.17) is 0 Å². The van der Waals surface area contributed by atoms with E-state index in [2.05, 4.69) is 5.10 Å². The Hall–Kier alpha value is -2.10. The summed E-state index contributed by atoms with van der Waals surface area (Å²) in [6.45, 7) is 2.01. The molecule has 1 heterocycles. The van der Waals surface area contributed by atoms with Crippen molar-refractivity contribution in [2.75, 3.05) is 0 Å². The number of hydrogen-bond donors (Lipinski definition) is 1. The summed E-state index contributed by atoms with van der Waals surface area (Å²) < 4.78 is 1.41. The maximum atomic E-state index is 12.0. The second-order valence-electron chi connectivity index (χ2n) is 3.85. The highest BCUT2D eigenvalue weighted by atomic mass is 16.1. The fourth-order valence-electron chi connectivity index (χ4n) is 1.82. The average molecular weight is 230 g/mol. The maximum Gasteiger partial charge on any atom is 0.282 e. The summed E-state index contributed by atoms with van der Waals surface area (Å²) >= 11 is 0. The fourth-order valence-corrected chi connectivity index (χ4v) is 1.82. The van der Waals surface area contributed by atoms with Crippen molar-refractivity contribution in [2.45, 2.75) is 19.8 Å². The zero-order valence-electron chi connectivity index (χ0n) is 9.64. The van der Waals surface area contributed by atoms with E-state index in [1.54, 1.807) is 0 Å². The molecule has 4 heteroatoms. The molecule has 2 aromatic rings. The number of benzene rings is 1. The Balaban J connectivity index is 2.57. The van der Waals surface area contributed by atoms with Crippen molar-refractivity contribution in [1.29, 1.82) is 0 Å². The maximum absolute atomic E-state index is 12.0. The van der Waals surface area contributed by atoms with Crippen molar-refractivity contribution < 1.29 is 4.79 Å². The number of carbonyl (C=O) groups is 1. The molecule has 0 amide bonds. The summed E-state index contributed by atoms with van der Waals surface area (Å²) in [5, 5.41) is 2.99. The van der Waals surface area contributed by atoms with Gasteiger partial charge in [-0.15, -0.1) is 0 Å². The van der Waals surface area contributed by atoms with Gasteiger partial charge in [0.25, 0.3) is 5.56 Å². The van der Waals surface area contributed by atoms with Crippen molar-refractivity contribution >= 4 is 6.29 Å². The normalized spacial score (nSPS) is 10.4. The fraction of sp³-hybridized carbons (Fsp3) is 0.231. The zero-order chi connectivity index (χ0) is 12.3. The molecule has 0 atom stereocenters. The topological polar surface area (TPSA) is 54.9 Å². The van der Waals surface area contributed by atoms with Crippen LogP contribution in [0.25, 0.3) is 5.69 Å². The lowest BCUT2D eigenvalue weighted by Gasteiger charge is -2.00. The van der Waals surface area contributed by atoms with Gasteiger partial charge in [0.05, 0.1) is 5.69 Å². The molecule has 0 radical (unpaired) electrons. The van der Waals surface area contributed by atoms with Gasteiger partial charge in [-0.2, -0.15) is 0 Å². The van der Waals surface area contributed by atoms with Crippen LogP contribution in [-0.2, 0) is 6.42 Å². The van der Waals surface area contributed by atoms with Gasteiger partial charge in [0.15, 0.2) is 6.29 Å². The van der Waals surface area contributed by atoms with E-state index in [0.29, 0.717) is 18.4 Å². The highest BCUT2D eigenvalue weighted by Gasteiger charge is 2.13. The van der Waals surface area contributed by atoms with Gasteiger partial charge in [0, 0.05) is 5.69 Å². The first-order valence-electron chi connectivity index (χ1n) is 5.62. The first-order chi connectivity index (χ1) is 8.27. The Bertz CT molecular complexity index is 567. The number of aryl methyl sites for hydroxylation is 1. The minimum Gasteiger partial charge on any atom is -0.298 e. The first-order valence-corrected chi connectivity index (χ1v) is 5.62. The number of aldehydes is 1. The van der Waals surface area contributed by atoms with E-state index in [1.807, 2.05) is 37.3 Å². The predicted octanol–water partition coefficient (Wildman–Crippen LogP) is 1.93. The van der Waals surface area contributed by atoms with Crippen LogP contribution in [0.5, 0.6) is 0 Å². The first kappa shape index (κ1) is 11.4. The van der Waals surface area contributed by atoms with Gasteiger partial charge in [-0.25, -0.2) is 4.68 Å². The molecule has 1 N–H and O–H groups in total. The van der Waals surface area contributed by atoms with Crippen LogP contribution in [-0.4, -0.2) is 16.1 Å². The Labute approximate surface area is 98.9 Å². The standard InChI is InChI=1S/C13H14N2O2/c1-2-6-12-11(9-16)13(17)15(14-12)10-7-4-3-5-8-10/h3-5,7-9,14H,2,6H2,1H3. The SMILES string of the molecule is CCCc1[nH]n(-c2ccccc2)c(=O)c1C=O. The molecule has 0 saturated heterocycles. The van der Waals surface area contributed by atoms with Crippen molar-refractivity contribution in [3.05, 3.63) is 51.9 Å². The Morgan fingerprint density at radius 2 is 2.00 bits per heavy atom. The molecule has 1 aromatic heterocycles. The van der Waals surface area contributed by atoms with Crippen LogP contribution in [0, 0.1) is 0 Å². The summed E-state index contributed by atoms with van der Waals surface area (Å²) in [5.41, 5.74) is 1.39. The van der Waals surface area contributed by atoms with Crippen molar-refractivity contribution in [3.8, 4) is 5.69 Å². The minimum absolute atomic E-state index is 0.232. The third kappa shape index (κ3) is 2.06. The van der Waals surface area contributed by atoms with Crippen LogP contribution in [0.4, 0.5) is 0 Å². The van der Waals surface area contributed by atoms with E-state index in [-0.39, 0.29) is 11.1 Å². The number of carbonyl (C=O) groups excluding carboxylic acids is 1. The zero-order valence-corrected chi connectivity index (χ0v) is 9.64. The summed E-state index contributed by atoms with van der Waals surface area (Å²) in [6, 6.07) is 9.22. The number of hydrogen-bond acceptors (Lipinski definition) is 2. The van der Waals surface area contributed by atoms with E-state index >= 15 is 0 Å². The highest BCUT2D eigenvalue weighted by molar-refractivity contribution is 5.76. The molecule has 0 aliphatic heterocycles. The average Bonchev–Trinajstić information content (AvgIpc) is 2.67. The van der Waals surface area contributed by atoms with Crippen molar-refractivity contribution in [2.24, 2.45) is 0 Å². The monoisotopic (exact) mass is 230 g/mol. The molecule has 88 valence electrons. The van der Waals surface area contributed by atoms with Gasteiger partial charge in [0.2, 0.25) is 0 Å². The Morgan fingerprint density at radius 3 is 2.59 bits per heavy atom. The quantitative estimate of drug-likeness (QED) is 0.816. The second kappa shape index (κ2) is 4.82. The van der Waals surface area contributed by atoms with E-state index in [9.17, 15) is 9.59 Å². The largest absolute Gasteiger partial charge is 0.298 e. The molecule has 0 spiro atoms. The summed E-state index contributed by atoms with van der Waals surface area (Å²) in [5.74, 6) is 0. The number of H-pyrrole nitrogens is 1. The number of nitrogens with zero attached hydrogens (tertiary/aromatic N) is 1. The molecule has 4 nitrogen and oxygen atoms in total.